The Bertz CT molecular complexity index is 461. The molecule has 1 aliphatic rings. The Balaban J connectivity index is 2.61. The van der Waals surface area contributed by atoms with Crippen molar-refractivity contribution in [2.75, 3.05) is 24.7 Å². The molecule has 27 heavy (non-hydrogen) atoms. The second-order valence-electron chi connectivity index (χ2n) is 6.24. The van der Waals surface area contributed by atoms with Gasteiger partial charge in [-0.25, -0.2) is 8.78 Å². The van der Waals surface area contributed by atoms with Gasteiger partial charge in [0.15, 0.2) is 6.10 Å². The maximum atomic E-state index is 13.8. The van der Waals surface area contributed by atoms with Gasteiger partial charge in [0.1, 0.15) is 12.8 Å². The SMILES string of the molecule is O=C(CC(F)(F)F)OC(COCCC1CCSCC1)C(F)(F)CC(F)(F)F. The normalized spacial score (nSPS) is 18.4. The fraction of sp³-hybridized carbons (Fsp3) is 0.933. The van der Waals surface area contributed by atoms with E-state index in [1.165, 1.54) is 0 Å². The van der Waals surface area contributed by atoms with Gasteiger partial charge in [-0.05, 0) is 36.7 Å². The molecule has 1 unspecified atom stereocenters. The Morgan fingerprint density at radius 1 is 1.00 bits per heavy atom. The Morgan fingerprint density at radius 3 is 2.11 bits per heavy atom. The summed E-state index contributed by atoms with van der Waals surface area (Å²) in [7, 11) is 0. The molecular formula is C15H20F8O3S. The highest BCUT2D eigenvalue weighted by Gasteiger charge is 2.51. The fourth-order valence-corrected chi connectivity index (χ4v) is 3.67. The predicted molar refractivity (Wildman–Crippen MR) is 81.7 cm³/mol. The van der Waals surface area contributed by atoms with Crippen LogP contribution >= 0.6 is 11.8 Å². The van der Waals surface area contributed by atoms with Gasteiger partial charge >= 0.3 is 18.3 Å². The molecule has 0 spiro atoms. The van der Waals surface area contributed by atoms with Gasteiger partial charge < -0.3 is 9.47 Å². The van der Waals surface area contributed by atoms with Gasteiger partial charge in [-0.3, -0.25) is 4.79 Å². The van der Waals surface area contributed by atoms with Crippen molar-refractivity contribution in [1.29, 1.82) is 0 Å². The summed E-state index contributed by atoms with van der Waals surface area (Å²) in [6.07, 6.45) is -15.6. The first-order valence-corrected chi connectivity index (χ1v) is 9.30. The Labute approximate surface area is 155 Å². The van der Waals surface area contributed by atoms with Gasteiger partial charge in [-0.15, -0.1) is 0 Å². The van der Waals surface area contributed by atoms with E-state index in [1.54, 1.807) is 11.8 Å². The summed E-state index contributed by atoms with van der Waals surface area (Å²) in [6.45, 7) is -1.18. The fourth-order valence-electron chi connectivity index (χ4n) is 2.46. The van der Waals surface area contributed by atoms with Gasteiger partial charge in [0.2, 0.25) is 0 Å². The average Bonchev–Trinajstić information content (AvgIpc) is 2.47. The molecular weight excluding hydrogens is 412 g/mol. The standard InChI is InChI=1S/C15H20F8O3S/c16-13(17,9-15(21,22)23)11(26-12(24)7-14(18,19)20)8-25-4-1-10-2-5-27-6-3-10/h10-11H,1-9H2. The minimum absolute atomic E-state index is 0.0647. The van der Waals surface area contributed by atoms with Crippen LogP contribution in [0.25, 0.3) is 0 Å². The van der Waals surface area contributed by atoms with Crippen LogP contribution in [0.15, 0.2) is 0 Å². The van der Waals surface area contributed by atoms with Crippen LogP contribution in [0.5, 0.6) is 0 Å². The van der Waals surface area contributed by atoms with Crippen LogP contribution in [0.1, 0.15) is 32.1 Å². The minimum atomic E-state index is -5.29. The number of carbonyl (C=O) groups is 1. The average molecular weight is 432 g/mol. The first-order valence-electron chi connectivity index (χ1n) is 8.15. The van der Waals surface area contributed by atoms with E-state index >= 15 is 0 Å². The monoisotopic (exact) mass is 432 g/mol. The van der Waals surface area contributed by atoms with Crippen molar-refractivity contribution in [3.8, 4) is 0 Å². The molecule has 1 fully saturated rings. The van der Waals surface area contributed by atoms with E-state index in [4.69, 9.17) is 4.74 Å². The van der Waals surface area contributed by atoms with E-state index in [1.807, 2.05) is 0 Å². The summed E-state index contributed by atoms with van der Waals surface area (Å²) in [5.74, 6) is -4.53. The zero-order valence-corrected chi connectivity index (χ0v) is 15.0. The Kier molecular flexibility index (Phi) is 9.10. The Hall–Kier alpha value is -0.780. The van der Waals surface area contributed by atoms with Gasteiger partial charge in [-0.2, -0.15) is 38.1 Å². The van der Waals surface area contributed by atoms with E-state index in [-0.39, 0.29) is 12.5 Å². The largest absolute Gasteiger partial charge is 0.453 e. The molecule has 0 amide bonds. The molecule has 1 atom stereocenters. The summed E-state index contributed by atoms with van der Waals surface area (Å²) in [4.78, 5) is 11.1. The van der Waals surface area contributed by atoms with Crippen LogP contribution in [0.3, 0.4) is 0 Å². The number of carbonyl (C=O) groups excluding carboxylic acids is 1. The maximum absolute atomic E-state index is 13.8. The van der Waals surface area contributed by atoms with E-state index in [2.05, 4.69) is 4.74 Å². The number of ether oxygens (including phenoxy) is 2. The van der Waals surface area contributed by atoms with E-state index in [0.29, 0.717) is 6.42 Å². The van der Waals surface area contributed by atoms with Crippen LogP contribution in [-0.4, -0.2) is 55.1 Å². The topological polar surface area (TPSA) is 35.5 Å². The molecule has 0 aromatic carbocycles. The molecule has 12 heteroatoms. The molecule has 1 saturated heterocycles. The molecule has 0 N–H and O–H groups in total. The van der Waals surface area contributed by atoms with Crippen LogP contribution in [0.4, 0.5) is 35.1 Å². The summed E-state index contributed by atoms with van der Waals surface area (Å²) >= 11 is 1.77. The number of halogens is 8. The van der Waals surface area contributed by atoms with Gasteiger partial charge in [0.05, 0.1) is 6.61 Å². The van der Waals surface area contributed by atoms with Crippen molar-refractivity contribution in [2.45, 2.75) is 56.5 Å². The first kappa shape index (κ1) is 24.3. The predicted octanol–water partition coefficient (Wildman–Crippen LogP) is 4.99. The molecule has 160 valence electrons. The lowest BCUT2D eigenvalue weighted by molar-refractivity contribution is -0.234. The molecule has 3 nitrogen and oxygen atoms in total. The molecule has 0 bridgehead atoms. The number of esters is 1. The third kappa shape index (κ3) is 11.0. The molecule has 0 radical (unpaired) electrons. The summed E-state index contributed by atoms with van der Waals surface area (Å²) in [5, 5.41) is 0. The highest BCUT2D eigenvalue weighted by molar-refractivity contribution is 7.99. The van der Waals surface area contributed by atoms with Crippen LogP contribution in [-0.2, 0) is 14.3 Å². The molecule has 0 aromatic rings. The Morgan fingerprint density at radius 2 is 1.59 bits per heavy atom. The second-order valence-corrected chi connectivity index (χ2v) is 7.47. The van der Waals surface area contributed by atoms with Crippen molar-refractivity contribution >= 4 is 17.7 Å². The van der Waals surface area contributed by atoms with E-state index < -0.39 is 49.8 Å². The maximum Gasteiger partial charge on any atom is 0.399 e. The lowest BCUT2D eigenvalue weighted by Crippen LogP contribution is -2.44. The lowest BCUT2D eigenvalue weighted by atomic mass is 9.99. The minimum Gasteiger partial charge on any atom is -0.453 e. The zero-order chi connectivity index (χ0) is 20.7. The molecule has 0 saturated carbocycles. The molecule has 1 heterocycles. The van der Waals surface area contributed by atoms with Crippen LogP contribution < -0.4 is 0 Å². The van der Waals surface area contributed by atoms with Crippen molar-refractivity contribution in [3.05, 3.63) is 0 Å². The number of hydrogen-bond acceptors (Lipinski definition) is 4. The van der Waals surface area contributed by atoms with Crippen LogP contribution in [0, 0.1) is 5.92 Å². The van der Waals surface area contributed by atoms with Gasteiger partial charge in [0, 0.05) is 6.61 Å². The molecule has 1 aliphatic heterocycles. The van der Waals surface area contributed by atoms with Gasteiger partial charge in [0.25, 0.3) is 5.92 Å². The number of hydrogen-bond donors (Lipinski definition) is 0. The van der Waals surface area contributed by atoms with Gasteiger partial charge in [-0.1, -0.05) is 0 Å². The molecule has 0 aliphatic carbocycles. The number of rotatable bonds is 9. The van der Waals surface area contributed by atoms with Crippen molar-refractivity contribution in [1.82, 2.24) is 0 Å². The second kappa shape index (κ2) is 10.1. The van der Waals surface area contributed by atoms with Crippen LogP contribution in [0.2, 0.25) is 0 Å². The number of alkyl halides is 8. The van der Waals surface area contributed by atoms with E-state index in [9.17, 15) is 39.9 Å². The third-order valence-corrected chi connectivity index (χ3v) is 4.85. The summed E-state index contributed by atoms with van der Waals surface area (Å²) in [5.41, 5.74) is 0. The highest BCUT2D eigenvalue weighted by atomic mass is 32.2. The summed E-state index contributed by atoms with van der Waals surface area (Å²) < 4.78 is 110. The quantitative estimate of drug-likeness (QED) is 0.292. The smallest absolute Gasteiger partial charge is 0.399 e. The van der Waals surface area contributed by atoms with E-state index in [0.717, 1.165) is 24.3 Å². The summed E-state index contributed by atoms with van der Waals surface area (Å²) in [6, 6.07) is 0. The highest BCUT2D eigenvalue weighted by Crippen LogP contribution is 2.36. The number of thioether (sulfide) groups is 1. The molecule has 1 rings (SSSR count). The third-order valence-electron chi connectivity index (χ3n) is 3.81. The molecule has 0 aromatic heterocycles. The van der Waals surface area contributed by atoms with Crippen molar-refractivity contribution in [3.63, 3.8) is 0 Å². The van der Waals surface area contributed by atoms with Crippen molar-refractivity contribution < 1.29 is 49.4 Å². The zero-order valence-electron chi connectivity index (χ0n) is 14.2. The lowest BCUT2D eigenvalue weighted by Gasteiger charge is -2.28. The first-order chi connectivity index (χ1) is 12.3. The van der Waals surface area contributed by atoms with Crippen molar-refractivity contribution in [2.24, 2.45) is 5.92 Å².